The van der Waals surface area contributed by atoms with E-state index in [1.165, 1.54) is 12.0 Å². The summed E-state index contributed by atoms with van der Waals surface area (Å²) in [5.41, 5.74) is 2.00. The molecule has 0 saturated carbocycles. The molecule has 1 saturated heterocycles. The van der Waals surface area contributed by atoms with Crippen molar-refractivity contribution < 1.29 is 9.53 Å². The van der Waals surface area contributed by atoms with E-state index in [1.807, 2.05) is 24.1 Å². The van der Waals surface area contributed by atoms with Gasteiger partial charge in [0.15, 0.2) is 0 Å². The summed E-state index contributed by atoms with van der Waals surface area (Å²) in [7, 11) is 3.50. The molecule has 1 fully saturated rings. The Morgan fingerprint density at radius 2 is 2.08 bits per heavy atom. The van der Waals surface area contributed by atoms with E-state index in [2.05, 4.69) is 17.2 Å². The van der Waals surface area contributed by atoms with Crippen molar-refractivity contribution in [1.82, 2.24) is 14.7 Å². The Hall–Kier alpha value is -2.30. The predicted molar refractivity (Wildman–Crippen MR) is 93.2 cm³/mol. The fraction of sp³-hybridized carbons (Fsp3) is 0.474. The van der Waals surface area contributed by atoms with Gasteiger partial charge >= 0.3 is 0 Å². The molecule has 2 aromatic rings. The summed E-state index contributed by atoms with van der Waals surface area (Å²) >= 11 is 0. The number of aryl methyl sites for hydroxylation is 2. The van der Waals surface area contributed by atoms with Gasteiger partial charge in [-0.15, -0.1) is 0 Å². The van der Waals surface area contributed by atoms with Gasteiger partial charge in [-0.3, -0.25) is 9.48 Å². The lowest BCUT2D eigenvalue weighted by Crippen LogP contribution is -2.40. The molecule has 128 valence electrons. The van der Waals surface area contributed by atoms with E-state index in [0.29, 0.717) is 11.6 Å². The molecule has 1 amide bonds. The van der Waals surface area contributed by atoms with Crippen LogP contribution in [0.15, 0.2) is 36.5 Å². The number of ether oxygens (including phenoxy) is 1. The summed E-state index contributed by atoms with van der Waals surface area (Å²) in [6.07, 6.45) is 6.12. The van der Waals surface area contributed by atoms with Crippen LogP contribution in [0.1, 0.15) is 35.3 Å². The van der Waals surface area contributed by atoms with E-state index in [9.17, 15) is 4.79 Å². The average molecular weight is 327 g/mol. The van der Waals surface area contributed by atoms with Crippen molar-refractivity contribution in [3.05, 3.63) is 47.8 Å². The van der Waals surface area contributed by atoms with Crippen molar-refractivity contribution in [3.63, 3.8) is 0 Å². The fourth-order valence-electron chi connectivity index (χ4n) is 3.39. The smallest absolute Gasteiger partial charge is 0.272 e. The maximum absolute atomic E-state index is 12.6. The van der Waals surface area contributed by atoms with E-state index in [-0.39, 0.29) is 5.91 Å². The van der Waals surface area contributed by atoms with Crippen molar-refractivity contribution in [2.75, 3.05) is 20.2 Å². The Morgan fingerprint density at radius 3 is 2.75 bits per heavy atom. The molecule has 0 spiro atoms. The largest absolute Gasteiger partial charge is 0.497 e. The minimum atomic E-state index is 0.101. The Morgan fingerprint density at radius 1 is 1.29 bits per heavy atom. The molecule has 0 radical (unpaired) electrons. The zero-order chi connectivity index (χ0) is 16.9. The Bertz CT molecular complexity index is 678. The number of amides is 1. The topological polar surface area (TPSA) is 47.4 Å². The molecule has 0 unspecified atom stereocenters. The highest BCUT2D eigenvalue weighted by molar-refractivity contribution is 5.92. The van der Waals surface area contributed by atoms with Crippen LogP contribution in [0.3, 0.4) is 0 Å². The molecule has 1 aromatic heterocycles. The van der Waals surface area contributed by atoms with E-state index in [0.717, 1.165) is 38.1 Å². The van der Waals surface area contributed by atoms with Gasteiger partial charge in [-0.2, -0.15) is 5.10 Å². The van der Waals surface area contributed by atoms with Crippen molar-refractivity contribution in [3.8, 4) is 5.75 Å². The van der Waals surface area contributed by atoms with Crippen LogP contribution < -0.4 is 4.74 Å². The van der Waals surface area contributed by atoms with Gasteiger partial charge in [0.25, 0.3) is 5.91 Å². The third kappa shape index (κ3) is 3.78. The van der Waals surface area contributed by atoms with Crippen LogP contribution in [0.25, 0.3) is 0 Å². The molecule has 0 aliphatic carbocycles. The number of hydrogen-bond acceptors (Lipinski definition) is 3. The first kappa shape index (κ1) is 16.6. The second-order valence-corrected chi connectivity index (χ2v) is 6.49. The van der Waals surface area contributed by atoms with Crippen LogP contribution in [0.4, 0.5) is 0 Å². The average Bonchev–Trinajstić information content (AvgIpc) is 3.06. The molecule has 24 heavy (non-hydrogen) atoms. The highest BCUT2D eigenvalue weighted by Gasteiger charge is 2.25. The number of rotatable bonds is 5. The molecule has 2 heterocycles. The van der Waals surface area contributed by atoms with Gasteiger partial charge in [-0.05, 0) is 55.4 Å². The molecule has 1 aliphatic rings. The number of hydrogen-bond donors (Lipinski definition) is 0. The Balaban J connectivity index is 1.55. The lowest BCUT2D eigenvalue weighted by molar-refractivity contribution is 0.0657. The van der Waals surface area contributed by atoms with Crippen LogP contribution >= 0.6 is 0 Å². The quantitative estimate of drug-likeness (QED) is 0.848. The molecular weight excluding hydrogens is 302 g/mol. The molecule has 1 aromatic carbocycles. The number of nitrogens with zero attached hydrogens (tertiary/aromatic N) is 3. The predicted octanol–water partition coefficient (Wildman–Crippen LogP) is 2.91. The monoisotopic (exact) mass is 327 g/mol. The maximum Gasteiger partial charge on any atom is 0.272 e. The second kappa shape index (κ2) is 7.51. The number of aromatic nitrogens is 2. The summed E-state index contributed by atoms with van der Waals surface area (Å²) in [5, 5.41) is 4.10. The summed E-state index contributed by atoms with van der Waals surface area (Å²) in [4.78, 5) is 14.6. The third-order valence-corrected chi connectivity index (χ3v) is 4.85. The first-order chi connectivity index (χ1) is 11.7. The van der Waals surface area contributed by atoms with Crippen molar-refractivity contribution in [1.29, 1.82) is 0 Å². The van der Waals surface area contributed by atoms with Gasteiger partial charge in [0.2, 0.25) is 0 Å². The third-order valence-electron chi connectivity index (χ3n) is 4.85. The lowest BCUT2D eigenvalue weighted by atomic mass is 9.91. The number of likely N-dealkylation sites (tertiary alicyclic amines) is 1. The highest BCUT2D eigenvalue weighted by atomic mass is 16.5. The van der Waals surface area contributed by atoms with Gasteiger partial charge in [0.1, 0.15) is 11.4 Å². The van der Waals surface area contributed by atoms with Crippen molar-refractivity contribution in [2.45, 2.75) is 25.7 Å². The van der Waals surface area contributed by atoms with Crippen molar-refractivity contribution in [2.24, 2.45) is 13.0 Å². The summed E-state index contributed by atoms with van der Waals surface area (Å²) < 4.78 is 6.85. The van der Waals surface area contributed by atoms with E-state index in [1.54, 1.807) is 24.1 Å². The van der Waals surface area contributed by atoms with Gasteiger partial charge in [-0.25, -0.2) is 0 Å². The number of carbonyl (C=O) groups excluding carboxylic acids is 1. The first-order valence-electron chi connectivity index (χ1n) is 8.57. The van der Waals surface area contributed by atoms with Crippen LogP contribution in [0, 0.1) is 5.92 Å². The van der Waals surface area contributed by atoms with Gasteiger partial charge in [-0.1, -0.05) is 12.1 Å². The van der Waals surface area contributed by atoms with Crippen molar-refractivity contribution >= 4 is 5.91 Å². The number of piperidine rings is 1. The molecule has 1 atom stereocenters. The molecule has 0 bridgehead atoms. The Kier molecular flexibility index (Phi) is 5.18. The molecular formula is C19H25N3O2. The molecule has 5 heteroatoms. The van der Waals surface area contributed by atoms with Crippen LogP contribution in [0.5, 0.6) is 5.75 Å². The van der Waals surface area contributed by atoms with E-state index in [4.69, 9.17) is 4.74 Å². The van der Waals surface area contributed by atoms with Crippen LogP contribution in [0.2, 0.25) is 0 Å². The SMILES string of the molecule is COc1ccc(CC[C@H]2CCCN(C(=O)c3ccnn3C)C2)cc1. The number of methoxy groups -OCH3 is 1. The number of benzene rings is 1. The minimum absolute atomic E-state index is 0.101. The lowest BCUT2D eigenvalue weighted by Gasteiger charge is -2.32. The minimum Gasteiger partial charge on any atom is -0.497 e. The molecule has 3 rings (SSSR count). The normalized spacial score (nSPS) is 17.8. The zero-order valence-electron chi connectivity index (χ0n) is 14.4. The van der Waals surface area contributed by atoms with Crippen LogP contribution in [-0.2, 0) is 13.5 Å². The second-order valence-electron chi connectivity index (χ2n) is 6.49. The molecule has 0 N–H and O–H groups in total. The zero-order valence-corrected chi connectivity index (χ0v) is 14.4. The maximum atomic E-state index is 12.6. The molecule has 5 nitrogen and oxygen atoms in total. The number of carbonyl (C=O) groups is 1. The molecule has 1 aliphatic heterocycles. The van der Waals surface area contributed by atoms with Crippen LogP contribution in [-0.4, -0.2) is 40.8 Å². The van der Waals surface area contributed by atoms with E-state index < -0.39 is 0 Å². The summed E-state index contributed by atoms with van der Waals surface area (Å²) in [6, 6.07) is 10.1. The van der Waals surface area contributed by atoms with E-state index >= 15 is 0 Å². The van der Waals surface area contributed by atoms with Gasteiger partial charge < -0.3 is 9.64 Å². The fourth-order valence-corrected chi connectivity index (χ4v) is 3.39. The standard InChI is InChI=1S/C19H25N3O2/c1-21-18(11-12-20-21)19(23)22-13-3-4-16(14-22)6-5-15-7-9-17(24-2)10-8-15/h7-12,16H,3-6,13-14H2,1-2H3/t16-/m1/s1. The summed E-state index contributed by atoms with van der Waals surface area (Å²) in [5.74, 6) is 1.56. The van der Waals surface area contributed by atoms with Gasteiger partial charge in [0.05, 0.1) is 7.11 Å². The first-order valence-corrected chi connectivity index (χ1v) is 8.57. The van der Waals surface area contributed by atoms with Gasteiger partial charge in [0, 0.05) is 26.3 Å². The summed E-state index contributed by atoms with van der Waals surface area (Å²) in [6.45, 7) is 1.70. The Labute approximate surface area is 143 Å². The highest BCUT2D eigenvalue weighted by Crippen LogP contribution is 2.23.